The first kappa shape index (κ1) is 79.7. The minimum Gasteiger partial charge on any atom is -0.109 e. The van der Waals surface area contributed by atoms with Crippen molar-refractivity contribution in [3.05, 3.63) is 0 Å². The predicted molar refractivity (Wildman–Crippen MR) is 466 cm³/mol. The van der Waals surface area contributed by atoms with Gasteiger partial charge in [0.1, 0.15) is 0 Å². The number of hydrogen-bond donors (Lipinski definition) is 0. The van der Waals surface area contributed by atoms with E-state index in [0.29, 0.717) is 4.38 Å². The van der Waals surface area contributed by atoms with Crippen molar-refractivity contribution in [2.75, 3.05) is 0 Å². The van der Waals surface area contributed by atoms with E-state index in [9.17, 15) is 0 Å². The molecule has 0 heterocycles. The van der Waals surface area contributed by atoms with E-state index in [1.807, 2.05) is 0 Å². The van der Waals surface area contributed by atoms with Gasteiger partial charge in [0.2, 0.25) is 0 Å². The number of rotatable bonds is 26. The van der Waals surface area contributed by atoms with Crippen molar-refractivity contribution in [2.24, 2.45) is 0 Å². The zero-order chi connectivity index (χ0) is 44.6. The van der Waals surface area contributed by atoms with Crippen molar-refractivity contribution in [3.8, 4) is 0 Å². The Balaban J connectivity index is 11.0. The summed E-state index contributed by atoms with van der Waals surface area (Å²) in [5.74, 6) is 0. The van der Waals surface area contributed by atoms with E-state index in [2.05, 4.69) is 259 Å². The molecule has 338 valence electrons. The zero-order valence-electron chi connectivity index (χ0n) is 28.9. The van der Waals surface area contributed by atoms with Crippen LogP contribution < -0.4 is 0 Å². The fraction of sp³-hybridized carbons (Fsp3) is 1.00. The molecule has 0 radical (unpaired) electrons. The quantitative estimate of drug-likeness (QED) is 0.0757. The average molecular weight is 1780 g/mol. The molecular formula is CH59P55. The Morgan fingerprint density at radius 1 is 0.214 bits per heavy atom. The summed E-state index contributed by atoms with van der Waals surface area (Å²) in [7, 11) is 103. The van der Waals surface area contributed by atoms with E-state index in [1.54, 1.807) is 0 Å². The van der Waals surface area contributed by atoms with Crippen molar-refractivity contribution in [1.29, 1.82) is 0 Å². The fourth-order valence-electron chi connectivity index (χ4n) is 3.90. The molecular weight excluding hydrogens is 1720 g/mol. The summed E-state index contributed by atoms with van der Waals surface area (Å²) in [6, 6.07) is 0. The van der Waals surface area contributed by atoms with Gasteiger partial charge in [0.15, 0.2) is 0 Å². The molecule has 0 aromatic rings. The van der Waals surface area contributed by atoms with Crippen LogP contribution in [0, 0.1) is 0 Å². The summed E-state index contributed by atoms with van der Waals surface area (Å²) in [4.78, 5) is 0. The van der Waals surface area contributed by atoms with Crippen molar-refractivity contribution >= 4 is 443 Å². The lowest BCUT2D eigenvalue weighted by Crippen LogP contribution is -2.13. The van der Waals surface area contributed by atoms with Crippen molar-refractivity contribution < 1.29 is 0 Å². The molecule has 0 spiro atoms. The first-order chi connectivity index (χ1) is 25.4. The van der Waals surface area contributed by atoms with Crippen LogP contribution in [0.2, 0.25) is 0 Å². The van der Waals surface area contributed by atoms with Gasteiger partial charge in [-0.3, -0.25) is 0 Å². The Kier molecular flexibility index (Phi) is 60.4. The van der Waals surface area contributed by atoms with Crippen molar-refractivity contribution in [3.63, 3.8) is 0 Å². The van der Waals surface area contributed by atoms with Gasteiger partial charge in [-0.2, -0.15) is 0 Å². The van der Waals surface area contributed by atoms with Crippen LogP contribution in [0.5, 0.6) is 0 Å². The molecule has 0 saturated carbocycles. The van der Waals surface area contributed by atoms with Gasteiger partial charge in [-0.1, -0.05) is 7.96 Å². The van der Waals surface area contributed by atoms with Gasteiger partial charge >= 0.3 is 0 Å². The Morgan fingerprint density at radius 3 is 0.464 bits per heavy atom. The molecule has 32 atom stereocenters. The minimum absolute atomic E-state index is 0.218. The standard InChI is InChI=1S/CH59P55/c2-31-50(37(5)6)32(36(3)4)1(33(51(38(7)8)39(9)10)52(40(11)12)41(13)14,34(53(42(15)16)43(17)18)54(44(19)20)45(21)22)35(55(46(23)24)47(25)26)56(48(27)28)49(29)30/h31H,2-30H2. The highest BCUT2D eigenvalue weighted by Crippen LogP contribution is 3.42. The van der Waals surface area contributed by atoms with Gasteiger partial charge in [0, 0.05) is 0 Å². The van der Waals surface area contributed by atoms with Crippen LogP contribution in [0.15, 0.2) is 0 Å². The van der Waals surface area contributed by atoms with Gasteiger partial charge in [-0.15, -0.1) is 259 Å². The highest BCUT2D eigenvalue weighted by Gasteiger charge is 2.71. The summed E-state index contributed by atoms with van der Waals surface area (Å²) in [6.07, 6.45) is 0. The van der Waals surface area contributed by atoms with Gasteiger partial charge in [-0.05, 0) is 176 Å². The maximum atomic E-state index is 3.69. The minimum atomic E-state index is -0.377. The highest BCUT2D eigenvalue weighted by molar-refractivity contribution is 9.34. The molecule has 55 heteroatoms. The van der Waals surface area contributed by atoms with Crippen LogP contribution in [0.25, 0.3) is 0 Å². The van der Waals surface area contributed by atoms with E-state index in [0.717, 1.165) is 7.96 Å². The molecule has 0 aliphatic heterocycles. The fourth-order valence-corrected chi connectivity index (χ4v) is 595. The smallest absolute Gasteiger partial charge is 0.0859 e. The second kappa shape index (κ2) is 42.5. The Morgan fingerprint density at radius 2 is 0.375 bits per heavy atom. The third kappa shape index (κ3) is 25.5. The maximum absolute atomic E-state index is 3.69. The molecule has 0 nitrogen and oxygen atoms in total. The summed E-state index contributed by atoms with van der Waals surface area (Å²) in [5, 5.41) is 0. The third-order valence-electron chi connectivity index (χ3n) is 5.30. The normalized spacial score (nSPS) is 15.9. The van der Waals surface area contributed by atoms with Crippen LogP contribution in [0.4, 0.5) is 0 Å². The van der Waals surface area contributed by atoms with E-state index in [-0.39, 0.29) is 176 Å². The second-order valence-corrected chi connectivity index (χ2v) is 221. The average Bonchev–Trinajstić information content (AvgIpc) is 2.98. The lowest BCUT2D eigenvalue weighted by molar-refractivity contribution is 1.87. The summed E-state index contributed by atoms with van der Waals surface area (Å²) >= 11 is 0. The predicted octanol–water partition coefficient (Wildman–Crippen LogP) is 31.4. The molecule has 0 fully saturated rings. The SMILES string of the molecule is PPP(P(P)P)P(P(P)P)C(P(P(P(P)P)P(P)P)P(P(P)P)P(P)P)(P(P(P(P)P)P(P)P)P(P(P)P)P(P)P)P(P(P(P)P)P(P)P)P(P(P)P)P(P)P. The zero-order valence-corrected chi connectivity index (χ0v) is 85.8. The van der Waals surface area contributed by atoms with Gasteiger partial charge in [0.05, 0.1) is 4.38 Å². The molecule has 0 saturated heterocycles. The van der Waals surface area contributed by atoms with Gasteiger partial charge in [-0.25, -0.2) is 0 Å². The van der Waals surface area contributed by atoms with Crippen LogP contribution in [-0.2, 0) is 0 Å². The summed E-state index contributed by atoms with van der Waals surface area (Å²) in [5.41, 5.74) is 0. The summed E-state index contributed by atoms with van der Waals surface area (Å²) in [6.45, 7) is -6.02. The molecule has 0 N–H and O–H groups in total. The Labute approximate surface area is 440 Å². The second-order valence-electron chi connectivity index (χ2n) is 9.11. The van der Waals surface area contributed by atoms with Crippen LogP contribution in [-0.4, -0.2) is 4.38 Å². The van der Waals surface area contributed by atoms with E-state index in [4.69, 9.17) is 0 Å². The maximum Gasteiger partial charge on any atom is 0.0859 e. The molecule has 0 rings (SSSR count). The molecule has 0 amide bonds. The van der Waals surface area contributed by atoms with Crippen LogP contribution in [0.1, 0.15) is 0 Å². The molecule has 0 bridgehead atoms. The summed E-state index contributed by atoms with van der Waals surface area (Å²) < 4.78 is 0.411. The van der Waals surface area contributed by atoms with Crippen molar-refractivity contribution in [1.82, 2.24) is 0 Å². The van der Waals surface area contributed by atoms with Crippen molar-refractivity contribution in [2.45, 2.75) is 4.38 Å². The topological polar surface area (TPSA) is 0 Å². The first-order valence-corrected chi connectivity index (χ1v) is 110. The number of hydrogen-bond acceptors (Lipinski definition) is 0. The van der Waals surface area contributed by atoms with Crippen LogP contribution in [0.3, 0.4) is 0 Å². The van der Waals surface area contributed by atoms with Gasteiger partial charge < -0.3 is 0 Å². The van der Waals surface area contributed by atoms with E-state index in [1.165, 1.54) is 0 Å². The lowest BCUT2D eigenvalue weighted by atomic mass is 11.8. The lowest BCUT2D eigenvalue weighted by Gasteiger charge is -2.68. The molecule has 0 aromatic carbocycles. The van der Waals surface area contributed by atoms with Crippen LogP contribution >= 0.6 is 443 Å². The monoisotopic (exact) mass is 1780 g/mol. The largest absolute Gasteiger partial charge is 0.109 e. The Bertz CT molecular complexity index is 805. The molecule has 0 aliphatic carbocycles. The molecule has 0 aliphatic rings. The third-order valence-corrected chi connectivity index (χ3v) is 331. The van der Waals surface area contributed by atoms with Gasteiger partial charge in [0.25, 0.3) is 0 Å². The molecule has 0 aromatic heterocycles. The molecule has 56 heavy (non-hydrogen) atoms. The molecule has 32 unspecified atom stereocenters. The van der Waals surface area contributed by atoms with E-state index < -0.39 is 0 Å². The highest BCUT2D eigenvalue weighted by atomic mass is 33.3. The van der Waals surface area contributed by atoms with E-state index >= 15 is 0 Å². The Hall–Kier alpha value is 23.6. The first-order valence-electron chi connectivity index (χ1n) is 12.8.